The normalized spacial score (nSPS) is 11.8. The third-order valence-corrected chi connectivity index (χ3v) is 5.15. The van der Waals surface area contributed by atoms with Gasteiger partial charge in [0, 0.05) is 13.1 Å². The first-order valence-electron chi connectivity index (χ1n) is 12.1. The number of carbonyl (C=O) groups is 3. The van der Waals surface area contributed by atoms with Crippen molar-refractivity contribution in [2.75, 3.05) is 6.54 Å². The second-order valence-electron chi connectivity index (χ2n) is 9.33. The molecule has 0 radical (unpaired) electrons. The first-order chi connectivity index (χ1) is 17.2. The Kier molecular flexibility index (Phi) is 11.7. The third-order valence-electron chi connectivity index (χ3n) is 5.15. The third kappa shape index (κ3) is 11.2. The Hall–Kier alpha value is -3.59. The maximum absolute atomic E-state index is 12.9. The van der Waals surface area contributed by atoms with Crippen molar-refractivity contribution >= 4 is 18.1 Å². The van der Waals surface area contributed by atoms with Gasteiger partial charge in [-0.2, -0.15) is 0 Å². The summed E-state index contributed by atoms with van der Waals surface area (Å²) in [7, 11) is 0. The van der Waals surface area contributed by atoms with Gasteiger partial charge in [-0.05, 0) is 56.7 Å². The summed E-state index contributed by atoms with van der Waals surface area (Å²) in [5.41, 5.74) is 1.72. The molecule has 9 nitrogen and oxygen atoms in total. The van der Waals surface area contributed by atoms with Crippen molar-refractivity contribution in [3.8, 4) is 0 Å². The van der Waals surface area contributed by atoms with Crippen LogP contribution in [0.1, 0.15) is 56.7 Å². The first-order valence-corrected chi connectivity index (χ1v) is 12.1. The Bertz CT molecular complexity index is 975. The molecule has 1 atom stereocenters. The molecule has 9 heteroatoms. The van der Waals surface area contributed by atoms with Gasteiger partial charge in [0.05, 0.1) is 6.61 Å². The molecular formula is C27H37N3O6. The van der Waals surface area contributed by atoms with Gasteiger partial charge in [0.15, 0.2) is 0 Å². The maximum Gasteiger partial charge on any atom is 0.408 e. The van der Waals surface area contributed by atoms with Crippen molar-refractivity contribution in [3.05, 3.63) is 71.3 Å². The summed E-state index contributed by atoms with van der Waals surface area (Å²) >= 11 is 0. The average Bonchev–Trinajstić information content (AvgIpc) is 2.84. The van der Waals surface area contributed by atoms with E-state index in [0.717, 1.165) is 16.7 Å². The van der Waals surface area contributed by atoms with Gasteiger partial charge < -0.3 is 30.5 Å². The molecule has 0 aliphatic rings. The molecule has 36 heavy (non-hydrogen) atoms. The van der Waals surface area contributed by atoms with Crippen LogP contribution in [-0.2, 0) is 34.0 Å². The minimum Gasteiger partial charge on any atom is -0.445 e. The number of hydrogen-bond donors (Lipinski definition) is 4. The van der Waals surface area contributed by atoms with Crippen LogP contribution in [0.5, 0.6) is 0 Å². The number of carbonyl (C=O) groups excluding carboxylic acids is 3. The van der Waals surface area contributed by atoms with Crippen LogP contribution in [-0.4, -0.2) is 41.4 Å². The Morgan fingerprint density at radius 2 is 1.56 bits per heavy atom. The fourth-order valence-corrected chi connectivity index (χ4v) is 3.35. The molecule has 0 saturated heterocycles. The van der Waals surface area contributed by atoms with Crippen molar-refractivity contribution in [3.63, 3.8) is 0 Å². The fraction of sp³-hybridized carbons (Fsp3) is 0.444. The summed E-state index contributed by atoms with van der Waals surface area (Å²) in [5.74, 6) is -0.358. The van der Waals surface area contributed by atoms with Crippen LogP contribution < -0.4 is 16.0 Å². The molecule has 0 aromatic heterocycles. The molecule has 0 heterocycles. The molecule has 0 spiro atoms. The topological polar surface area (TPSA) is 126 Å². The molecule has 196 valence electrons. The maximum atomic E-state index is 12.9. The quantitative estimate of drug-likeness (QED) is 0.329. The number of amides is 3. The van der Waals surface area contributed by atoms with Crippen LogP contribution in [0.25, 0.3) is 0 Å². The van der Waals surface area contributed by atoms with E-state index >= 15 is 0 Å². The predicted molar refractivity (Wildman–Crippen MR) is 136 cm³/mol. The molecule has 0 bridgehead atoms. The lowest BCUT2D eigenvalue weighted by Gasteiger charge is -2.23. The van der Waals surface area contributed by atoms with Crippen molar-refractivity contribution in [1.82, 2.24) is 16.0 Å². The van der Waals surface area contributed by atoms with E-state index in [0.29, 0.717) is 25.8 Å². The minimum absolute atomic E-state index is 0.133. The summed E-state index contributed by atoms with van der Waals surface area (Å²) in [4.78, 5) is 37.1. The lowest BCUT2D eigenvalue weighted by atomic mass is 10.1. The molecule has 0 fully saturated rings. The van der Waals surface area contributed by atoms with E-state index in [9.17, 15) is 19.5 Å². The smallest absolute Gasteiger partial charge is 0.408 e. The molecule has 4 N–H and O–H groups in total. The largest absolute Gasteiger partial charge is 0.445 e. The van der Waals surface area contributed by atoms with Gasteiger partial charge in [-0.15, -0.1) is 0 Å². The number of aliphatic hydroxyl groups is 1. The highest BCUT2D eigenvalue weighted by molar-refractivity contribution is 5.85. The van der Waals surface area contributed by atoms with E-state index < -0.39 is 23.8 Å². The Morgan fingerprint density at radius 1 is 0.889 bits per heavy atom. The van der Waals surface area contributed by atoms with E-state index in [2.05, 4.69) is 16.0 Å². The fourth-order valence-electron chi connectivity index (χ4n) is 3.35. The first kappa shape index (κ1) is 28.6. The van der Waals surface area contributed by atoms with Gasteiger partial charge in [0.25, 0.3) is 0 Å². The summed E-state index contributed by atoms with van der Waals surface area (Å²) in [5, 5.41) is 17.6. The van der Waals surface area contributed by atoms with E-state index in [1.807, 2.05) is 48.5 Å². The van der Waals surface area contributed by atoms with Crippen LogP contribution in [0, 0.1) is 0 Å². The number of nitrogens with one attached hydrogen (secondary N) is 3. The zero-order valence-electron chi connectivity index (χ0n) is 21.2. The standard InChI is InChI=1S/C27H37N3O6/c1-27(2,3)36-26(34)30-23(24(32)29-17-21-13-7-8-14-22(21)18-31)15-9-10-16-28-25(33)35-19-20-11-5-4-6-12-20/h4-8,11-14,23,31H,9-10,15-19H2,1-3H3,(H,28,33)(H,29,32)(H,30,34)/t23-/m0/s1. The highest BCUT2D eigenvalue weighted by atomic mass is 16.6. The highest BCUT2D eigenvalue weighted by Crippen LogP contribution is 2.11. The zero-order valence-corrected chi connectivity index (χ0v) is 21.2. The molecule has 0 unspecified atom stereocenters. The number of unbranched alkanes of at least 4 members (excludes halogenated alkanes) is 1. The average molecular weight is 500 g/mol. The molecule has 2 rings (SSSR count). The minimum atomic E-state index is -0.814. The molecule has 0 saturated carbocycles. The van der Waals surface area contributed by atoms with Gasteiger partial charge in [-0.1, -0.05) is 54.6 Å². The Labute approximate surface area is 212 Å². The summed E-state index contributed by atoms with van der Waals surface area (Å²) in [6, 6.07) is 15.8. The number of rotatable bonds is 12. The van der Waals surface area contributed by atoms with Crippen LogP contribution in [0.3, 0.4) is 0 Å². The number of aliphatic hydroxyl groups excluding tert-OH is 1. The summed E-state index contributed by atoms with van der Waals surface area (Å²) in [6.07, 6.45) is 0.324. The van der Waals surface area contributed by atoms with E-state index in [-0.39, 0.29) is 25.7 Å². The second kappa shape index (κ2) is 14.7. The number of benzene rings is 2. The zero-order chi connectivity index (χ0) is 26.4. The molecule has 2 aromatic rings. The van der Waals surface area contributed by atoms with E-state index in [4.69, 9.17) is 9.47 Å². The molecule has 0 aliphatic heterocycles. The predicted octanol–water partition coefficient (Wildman–Crippen LogP) is 3.79. The lowest BCUT2D eigenvalue weighted by Crippen LogP contribution is -2.48. The van der Waals surface area contributed by atoms with Crippen LogP contribution >= 0.6 is 0 Å². The van der Waals surface area contributed by atoms with Crippen molar-refractivity contribution < 1.29 is 29.0 Å². The lowest BCUT2D eigenvalue weighted by molar-refractivity contribution is -0.123. The molecule has 2 aromatic carbocycles. The van der Waals surface area contributed by atoms with Crippen molar-refractivity contribution in [1.29, 1.82) is 0 Å². The van der Waals surface area contributed by atoms with Gasteiger partial charge in [0.2, 0.25) is 5.91 Å². The van der Waals surface area contributed by atoms with E-state index in [1.54, 1.807) is 26.8 Å². The highest BCUT2D eigenvalue weighted by Gasteiger charge is 2.24. The van der Waals surface area contributed by atoms with Crippen LogP contribution in [0.15, 0.2) is 54.6 Å². The summed E-state index contributed by atoms with van der Waals surface area (Å²) in [6.45, 7) is 5.89. The van der Waals surface area contributed by atoms with Crippen molar-refractivity contribution in [2.45, 2.75) is 71.4 Å². The number of hydrogen-bond acceptors (Lipinski definition) is 6. The van der Waals surface area contributed by atoms with Gasteiger partial charge >= 0.3 is 12.2 Å². The SMILES string of the molecule is CC(C)(C)OC(=O)N[C@@H](CCCCNC(=O)OCc1ccccc1)C(=O)NCc1ccccc1CO. The van der Waals surface area contributed by atoms with Gasteiger partial charge in [-0.3, -0.25) is 4.79 Å². The van der Waals surface area contributed by atoms with Gasteiger partial charge in [0.1, 0.15) is 18.2 Å². The number of ether oxygens (including phenoxy) is 2. The Balaban J connectivity index is 1.82. The summed E-state index contributed by atoms with van der Waals surface area (Å²) < 4.78 is 10.5. The monoisotopic (exact) mass is 499 g/mol. The van der Waals surface area contributed by atoms with Crippen LogP contribution in [0.2, 0.25) is 0 Å². The van der Waals surface area contributed by atoms with Gasteiger partial charge in [-0.25, -0.2) is 9.59 Å². The molecular weight excluding hydrogens is 462 g/mol. The number of alkyl carbamates (subject to hydrolysis) is 2. The molecule has 0 aliphatic carbocycles. The van der Waals surface area contributed by atoms with E-state index in [1.165, 1.54) is 0 Å². The Morgan fingerprint density at radius 3 is 2.22 bits per heavy atom. The van der Waals surface area contributed by atoms with Crippen molar-refractivity contribution in [2.24, 2.45) is 0 Å². The molecule has 3 amide bonds. The second-order valence-corrected chi connectivity index (χ2v) is 9.33. The van der Waals surface area contributed by atoms with Crippen LogP contribution in [0.4, 0.5) is 9.59 Å².